The average molecular weight is 781 g/mol. The van der Waals surface area contributed by atoms with Crippen LogP contribution in [0, 0.1) is 6.92 Å². The van der Waals surface area contributed by atoms with E-state index in [0.29, 0.717) is 22.6 Å². The molecule has 2 atom stereocenters. The Labute approximate surface area is 299 Å². The van der Waals surface area contributed by atoms with E-state index in [0.717, 1.165) is 22.7 Å². The Morgan fingerprint density at radius 3 is 1.77 bits per heavy atom. The van der Waals surface area contributed by atoms with Gasteiger partial charge in [-0.25, -0.2) is 12.4 Å². The first-order valence-electron chi connectivity index (χ1n) is 14.9. The molecule has 13 heteroatoms. The molecule has 0 bridgehead atoms. The molecule has 0 amide bonds. The smallest absolute Gasteiger partial charge is 0.268 e. The Bertz CT molecular complexity index is 1960. The zero-order valence-corrected chi connectivity index (χ0v) is 30.9. The normalized spacial score (nSPS) is 12.6. The standard InChI is InChI=1S/C31H27BrCl2N2O6S.C4H10O/c1-18-12-14-19(15-13-18)43(39,40)35-17-16-22(27(35)29(37)20-8-4-6-10-23(20)41-2)36-28(25(32)26(33)31(36)34)30(38)21-9-5-7-11-24(21)42-3;1-3-5-4-2/h4-17,29-30,37-38H,1-3H3;3-4H2,1-2H3/t29-,30-;/m1./s1. The van der Waals surface area contributed by atoms with Crippen molar-refractivity contribution in [2.75, 3.05) is 27.4 Å². The van der Waals surface area contributed by atoms with Crippen molar-refractivity contribution in [1.29, 1.82) is 0 Å². The lowest BCUT2D eigenvalue weighted by molar-refractivity contribution is 0.162. The Kier molecular flexibility index (Phi) is 12.8. The first-order chi connectivity index (χ1) is 22.9. The van der Waals surface area contributed by atoms with Crippen molar-refractivity contribution in [3.63, 3.8) is 0 Å². The van der Waals surface area contributed by atoms with Crippen LogP contribution in [-0.4, -0.2) is 54.6 Å². The van der Waals surface area contributed by atoms with Crippen LogP contribution in [0.4, 0.5) is 0 Å². The van der Waals surface area contributed by atoms with Gasteiger partial charge in [-0.2, -0.15) is 0 Å². The molecule has 0 aliphatic heterocycles. The van der Waals surface area contributed by atoms with Gasteiger partial charge in [-0.05, 0) is 67.0 Å². The van der Waals surface area contributed by atoms with Gasteiger partial charge in [0.25, 0.3) is 10.0 Å². The number of benzene rings is 3. The van der Waals surface area contributed by atoms with E-state index in [1.807, 2.05) is 20.8 Å². The summed E-state index contributed by atoms with van der Waals surface area (Å²) in [7, 11) is -1.29. The molecule has 2 N–H and O–H groups in total. The fourth-order valence-electron chi connectivity index (χ4n) is 5.17. The van der Waals surface area contributed by atoms with E-state index in [4.69, 9.17) is 37.4 Å². The van der Waals surface area contributed by atoms with Crippen LogP contribution >= 0.6 is 39.1 Å². The second kappa shape index (κ2) is 16.4. The van der Waals surface area contributed by atoms with Gasteiger partial charge in [-0.15, -0.1) is 0 Å². The van der Waals surface area contributed by atoms with Gasteiger partial charge in [0, 0.05) is 30.5 Å². The fraction of sp³-hybridized carbons (Fsp3) is 0.257. The highest BCUT2D eigenvalue weighted by Crippen LogP contribution is 2.46. The molecule has 5 aromatic rings. The van der Waals surface area contributed by atoms with Gasteiger partial charge >= 0.3 is 0 Å². The maximum Gasteiger partial charge on any atom is 0.268 e. The van der Waals surface area contributed by atoms with Gasteiger partial charge in [-0.1, -0.05) is 77.3 Å². The third kappa shape index (κ3) is 7.47. The molecule has 0 saturated carbocycles. The molecule has 0 aliphatic carbocycles. The Hall–Kier alpha value is -3.29. The van der Waals surface area contributed by atoms with Crippen LogP contribution in [0.5, 0.6) is 11.5 Å². The summed E-state index contributed by atoms with van der Waals surface area (Å²) in [5.74, 6) is 0.754. The third-order valence-electron chi connectivity index (χ3n) is 7.52. The van der Waals surface area contributed by atoms with E-state index in [1.165, 1.54) is 43.2 Å². The van der Waals surface area contributed by atoms with Crippen molar-refractivity contribution in [2.45, 2.75) is 37.9 Å². The van der Waals surface area contributed by atoms with Gasteiger partial charge in [0.15, 0.2) is 0 Å². The Morgan fingerprint density at radius 1 is 0.792 bits per heavy atom. The molecule has 0 unspecified atom stereocenters. The van der Waals surface area contributed by atoms with Crippen LogP contribution in [0.3, 0.4) is 0 Å². The molecule has 48 heavy (non-hydrogen) atoms. The number of nitrogens with zero attached hydrogens (tertiary/aromatic N) is 2. The number of aromatic nitrogens is 2. The van der Waals surface area contributed by atoms with Crippen LogP contribution in [0.2, 0.25) is 10.2 Å². The summed E-state index contributed by atoms with van der Waals surface area (Å²) >= 11 is 16.9. The van der Waals surface area contributed by atoms with Gasteiger partial charge < -0.3 is 24.4 Å². The summed E-state index contributed by atoms with van der Waals surface area (Å²) in [5, 5.41) is 23.7. The maximum atomic E-state index is 14.1. The highest BCUT2D eigenvalue weighted by atomic mass is 79.9. The average Bonchev–Trinajstić information content (AvgIpc) is 3.63. The number of aliphatic hydroxyl groups is 2. The van der Waals surface area contributed by atoms with Crippen molar-refractivity contribution >= 4 is 49.2 Å². The molecule has 0 spiro atoms. The quantitative estimate of drug-likeness (QED) is 0.139. The number of hydrogen-bond acceptors (Lipinski definition) is 7. The van der Waals surface area contributed by atoms with Crippen molar-refractivity contribution in [3.8, 4) is 17.2 Å². The van der Waals surface area contributed by atoms with E-state index in [2.05, 4.69) is 15.9 Å². The zero-order valence-electron chi connectivity index (χ0n) is 27.0. The molecule has 2 aromatic heterocycles. The predicted octanol–water partition coefficient (Wildman–Crippen LogP) is 8.12. The molecule has 256 valence electrons. The maximum absolute atomic E-state index is 14.1. The van der Waals surface area contributed by atoms with E-state index in [1.54, 1.807) is 60.7 Å². The van der Waals surface area contributed by atoms with Crippen LogP contribution < -0.4 is 9.47 Å². The summed E-state index contributed by atoms with van der Waals surface area (Å²) in [6.07, 6.45) is -1.52. The minimum absolute atomic E-state index is 0.0147. The molecule has 0 aliphatic rings. The summed E-state index contributed by atoms with van der Waals surface area (Å²) in [6, 6.07) is 21.5. The summed E-state index contributed by atoms with van der Waals surface area (Å²) in [4.78, 5) is 0.0147. The minimum atomic E-state index is -4.23. The number of rotatable bonds is 11. The summed E-state index contributed by atoms with van der Waals surface area (Å²) < 4.78 is 46.6. The molecular weight excluding hydrogens is 743 g/mol. The van der Waals surface area contributed by atoms with Crippen molar-refractivity contribution in [3.05, 3.63) is 128 Å². The third-order valence-corrected chi connectivity index (χ3v) is 11.1. The highest BCUT2D eigenvalue weighted by molar-refractivity contribution is 9.10. The van der Waals surface area contributed by atoms with Crippen molar-refractivity contribution in [2.24, 2.45) is 0 Å². The first-order valence-corrected chi connectivity index (χ1v) is 17.9. The van der Waals surface area contributed by atoms with Gasteiger partial charge in [0.1, 0.15) is 28.9 Å². The highest BCUT2D eigenvalue weighted by Gasteiger charge is 2.34. The molecular formula is C35H37BrCl2N2O7S. The van der Waals surface area contributed by atoms with E-state index in [9.17, 15) is 18.6 Å². The van der Waals surface area contributed by atoms with E-state index < -0.39 is 22.2 Å². The fourth-order valence-corrected chi connectivity index (χ4v) is 7.70. The van der Waals surface area contributed by atoms with Crippen LogP contribution in [0.15, 0.2) is 94.4 Å². The minimum Gasteiger partial charge on any atom is -0.496 e. The number of para-hydroxylation sites is 2. The SMILES string of the molecule is CCOCC.COc1ccccc1[C@@H](O)c1c(-n2c(Cl)c(Cl)c(Br)c2[C@H](O)c2ccccc2OC)ccn1S(=O)(=O)c1ccc(C)cc1. The summed E-state index contributed by atoms with van der Waals surface area (Å²) in [5.41, 5.74) is 1.91. The topological polar surface area (TPSA) is 112 Å². The lowest BCUT2D eigenvalue weighted by Crippen LogP contribution is -2.20. The monoisotopic (exact) mass is 778 g/mol. The lowest BCUT2D eigenvalue weighted by Gasteiger charge is -2.22. The molecule has 5 rings (SSSR count). The number of ether oxygens (including phenoxy) is 3. The van der Waals surface area contributed by atoms with Crippen LogP contribution in [-0.2, 0) is 14.8 Å². The van der Waals surface area contributed by atoms with E-state index >= 15 is 0 Å². The molecule has 0 radical (unpaired) electrons. The summed E-state index contributed by atoms with van der Waals surface area (Å²) in [6.45, 7) is 7.52. The molecule has 0 fully saturated rings. The lowest BCUT2D eigenvalue weighted by atomic mass is 10.0. The molecule has 9 nitrogen and oxygen atoms in total. The number of methoxy groups -OCH3 is 2. The van der Waals surface area contributed by atoms with Crippen molar-refractivity contribution in [1.82, 2.24) is 8.54 Å². The number of aryl methyl sites for hydroxylation is 1. The van der Waals surface area contributed by atoms with Crippen molar-refractivity contribution < 1.29 is 32.8 Å². The second-order valence-corrected chi connectivity index (χ2v) is 13.8. The van der Waals surface area contributed by atoms with Gasteiger partial charge in [0.2, 0.25) is 0 Å². The first kappa shape index (κ1) is 37.5. The molecule has 0 saturated heterocycles. The van der Waals surface area contributed by atoms with E-state index in [-0.39, 0.29) is 36.6 Å². The number of hydrogen-bond donors (Lipinski definition) is 2. The zero-order chi connectivity index (χ0) is 35.2. The Balaban J connectivity index is 0.000000968. The predicted molar refractivity (Wildman–Crippen MR) is 192 cm³/mol. The number of aliphatic hydroxyl groups excluding tert-OH is 2. The largest absolute Gasteiger partial charge is 0.496 e. The Morgan fingerprint density at radius 2 is 1.29 bits per heavy atom. The second-order valence-electron chi connectivity index (χ2n) is 10.4. The van der Waals surface area contributed by atoms with Gasteiger partial charge in [-0.3, -0.25) is 4.57 Å². The molecule has 3 aromatic carbocycles. The van der Waals surface area contributed by atoms with Gasteiger partial charge in [0.05, 0.1) is 45.7 Å². The number of halogens is 3. The molecule has 2 heterocycles. The van der Waals surface area contributed by atoms with Crippen LogP contribution in [0.25, 0.3) is 5.69 Å². The van der Waals surface area contributed by atoms with Crippen LogP contribution in [0.1, 0.15) is 54.1 Å².